The second-order valence-corrected chi connectivity index (χ2v) is 28.1. The Labute approximate surface area is 524 Å². The molecule has 0 fully saturated rings. The van der Waals surface area contributed by atoms with Crippen molar-refractivity contribution in [3.05, 3.63) is 0 Å². The first-order chi connectivity index (χ1) is 41.4. The van der Waals surface area contributed by atoms with E-state index in [4.69, 9.17) is 37.0 Å². The van der Waals surface area contributed by atoms with Gasteiger partial charge in [0.05, 0.1) is 26.4 Å². The van der Waals surface area contributed by atoms with E-state index in [0.29, 0.717) is 31.6 Å². The van der Waals surface area contributed by atoms with Crippen LogP contribution < -0.4 is 0 Å². The fourth-order valence-corrected chi connectivity index (χ4v) is 11.6. The number of aliphatic hydroxyl groups is 1. The molecule has 2 unspecified atom stereocenters. The molecule has 3 N–H and O–H groups in total. The molecule has 0 saturated heterocycles. The molecule has 0 radical (unpaired) electrons. The lowest BCUT2D eigenvalue weighted by atomic mass is 10.0. The van der Waals surface area contributed by atoms with Crippen molar-refractivity contribution in [2.24, 2.45) is 11.8 Å². The summed E-state index contributed by atoms with van der Waals surface area (Å²) in [5, 5.41) is 10.5. The first kappa shape index (κ1) is 84.1. The predicted molar refractivity (Wildman–Crippen MR) is 345 cm³/mol. The molecule has 510 valence electrons. The molecular weight excluding hydrogens is 1140 g/mol. The maximum absolute atomic E-state index is 13.0. The Morgan fingerprint density at radius 3 is 0.791 bits per heavy atom. The quantitative estimate of drug-likeness (QED) is 0.0222. The number of rotatable bonds is 66. The molecule has 19 heteroatoms. The van der Waals surface area contributed by atoms with E-state index in [1.54, 1.807) is 0 Å². The van der Waals surface area contributed by atoms with Crippen LogP contribution in [0.1, 0.15) is 337 Å². The maximum atomic E-state index is 13.0. The highest BCUT2D eigenvalue weighted by Gasteiger charge is 2.30. The van der Waals surface area contributed by atoms with Crippen molar-refractivity contribution >= 4 is 39.5 Å². The topological polar surface area (TPSA) is 237 Å². The third-order valence-electron chi connectivity index (χ3n) is 15.5. The van der Waals surface area contributed by atoms with E-state index in [2.05, 4.69) is 41.5 Å². The van der Waals surface area contributed by atoms with E-state index in [0.717, 1.165) is 102 Å². The second-order valence-electron chi connectivity index (χ2n) is 25.2. The predicted octanol–water partition coefficient (Wildman–Crippen LogP) is 18.8. The van der Waals surface area contributed by atoms with Crippen molar-refractivity contribution in [1.29, 1.82) is 0 Å². The van der Waals surface area contributed by atoms with Crippen molar-refractivity contribution in [2.45, 2.75) is 355 Å². The number of phosphoric ester groups is 2. The Balaban J connectivity index is 5.21. The summed E-state index contributed by atoms with van der Waals surface area (Å²) in [6.45, 7) is 9.40. The van der Waals surface area contributed by atoms with Crippen LogP contribution in [0.25, 0.3) is 0 Å². The zero-order valence-corrected chi connectivity index (χ0v) is 57.4. The minimum absolute atomic E-state index is 0.102. The van der Waals surface area contributed by atoms with Gasteiger partial charge in [-0.15, -0.1) is 0 Å². The fourth-order valence-electron chi connectivity index (χ4n) is 10.1. The minimum atomic E-state index is -4.95. The van der Waals surface area contributed by atoms with Gasteiger partial charge in [-0.2, -0.15) is 0 Å². The third kappa shape index (κ3) is 60.9. The Hall–Kier alpha value is -1.94. The number of unbranched alkanes of at least 4 members (excludes halogenated alkanes) is 36. The van der Waals surface area contributed by atoms with Gasteiger partial charge >= 0.3 is 39.5 Å². The number of aliphatic hydroxyl groups excluding tert-OH is 1. The van der Waals surface area contributed by atoms with E-state index in [9.17, 15) is 43.2 Å². The lowest BCUT2D eigenvalue weighted by Crippen LogP contribution is -2.30. The van der Waals surface area contributed by atoms with E-state index >= 15 is 0 Å². The molecule has 0 spiro atoms. The normalized spacial score (nSPS) is 14.2. The number of esters is 4. The highest BCUT2D eigenvalue weighted by molar-refractivity contribution is 7.47. The molecule has 0 saturated carbocycles. The van der Waals surface area contributed by atoms with Gasteiger partial charge in [-0.25, -0.2) is 9.13 Å². The summed E-state index contributed by atoms with van der Waals surface area (Å²) >= 11 is 0. The molecule has 0 heterocycles. The van der Waals surface area contributed by atoms with Crippen molar-refractivity contribution in [3.8, 4) is 0 Å². The van der Waals surface area contributed by atoms with Crippen LogP contribution >= 0.6 is 15.6 Å². The molecular formula is C67H130O17P2. The highest BCUT2D eigenvalue weighted by Crippen LogP contribution is 2.45. The molecule has 86 heavy (non-hydrogen) atoms. The Bertz CT molecular complexity index is 1680. The van der Waals surface area contributed by atoms with Gasteiger partial charge in [0, 0.05) is 25.7 Å². The molecule has 0 aromatic rings. The lowest BCUT2D eigenvalue weighted by molar-refractivity contribution is -0.161. The molecule has 0 aliphatic rings. The average Bonchev–Trinajstić information content (AvgIpc) is 3.67. The molecule has 17 nitrogen and oxygen atoms in total. The Morgan fingerprint density at radius 2 is 0.535 bits per heavy atom. The number of carbonyl (C=O) groups excluding carboxylic acids is 4. The van der Waals surface area contributed by atoms with Crippen molar-refractivity contribution < 1.29 is 80.2 Å². The molecule has 0 aliphatic carbocycles. The van der Waals surface area contributed by atoms with Crippen molar-refractivity contribution in [3.63, 3.8) is 0 Å². The van der Waals surface area contributed by atoms with Gasteiger partial charge in [0.1, 0.15) is 19.3 Å². The molecule has 5 atom stereocenters. The first-order valence-electron chi connectivity index (χ1n) is 35.0. The number of hydrogen-bond donors (Lipinski definition) is 3. The number of hydrogen-bond acceptors (Lipinski definition) is 15. The Morgan fingerprint density at radius 1 is 0.314 bits per heavy atom. The van der Waals surface area contributed by atoms with Crippen LogP contribution in [0.3, 0.4) is 0 Å². The summed E-state index contributed by atoms with van der Waals surface area (Å²) in [5.41, 5.74) is 0. The average molecular weight is 1270 g/mol. The number of ether oxygens (including phenoxy) is 4. The first-order valence-corrected chi connectivity index (χ1v) is 38.0. The van der Waals surface area contributed by atoms with Gasteiger partial charge in [0.25, 0.3) is 0 Å². The van der Waals surface area contributed by atoms with Crippen LogP contribution in [0.15, 0.2) is 0 Å². The fraction of sp³-hybridized carbons (Fsp3) is 0.940. The van der Waals surface area contributed by atoms with Crippen molar-refractivity contribution in [2.75, 3.05) is 39.6 Å². The molecule has 0 aliphatic heterocycles. The van der Waals surface area contributed by atoms with Crippen molar-refractivity contribution in [1.82, 2.24) is 0 Å². The summed E-state index contributed by atoms with van der Waals surface area (Å²) in [6.07, 6.45) is 43.3. The van der Waals surface area contributed by atoms with Crippen LogP contribution in [0.2, 0.25) is 0 Å². The van der Waals surface area contributed by atoms with E-state index in [1.807, 2.05) is 0 Å². The maximum Gasteiger partial charge on any atom is 0.472 e. The smallest absolute Gasteiger partial charge is 0.462 e. The van der Waals surface area contributed by atoms with E-state index in [1.165, 1.54) is 148 Å². The molecule has 0 aromatic carbocycles. The molecule has 0 bridgehead atoms. The van der Waals surface area contributed by atoms with Gasteiger partial charge in [-0.3, -0.25) is 37.3 Å². The van der Waals surface area contributed by atoms with Crippen LogP contribution in [-0.2, 0) is 65.4 Å². The number of carbonyl (C=O) groups is 4. The third-order valence-corrected chi connectivity index (χ3v) is 17.4. The zero-order valence-electron chi connectivity index (χ0n) is 55.6. The zero-order chi connectivity index (χ0) is 63.6. The summed E-state index contributed by atoms with van der Waals surface area (Å²) in [5.74, 6) is -0.706. The lowest BCUT2D eigenvalue weighted by Gasteiger charge is -2.21. The SMILES string of the molecule is CCCCCCCCCCCCCCCCCCC(=O)O[C@H](COC(=O)CCCCCCCCCCCCC(C)C)COP(=O)(O)OC[C@@H](O)COP(=O)(O)OC[C@@H](COC(=O)CCCCCCCCCC)OC(=O)CCCCCCCCC(C)C. The van der Waals surface area contributed by atoms with Gasteiger partial charge in [0.2, 0.25) is 0 Å². The number of phosphoric acid groups is 2. The largest absolute Gasteiger partial charge is 0.472 e. The summed E-state index contributed by atoms with van der Waals surface area (Å²) in [7, 11) is -9.89. The molecule has 0 rings (SSSR count). The van der Waals surface area contributed by atoms with Gasteiger partial charge in [-0.1, -0.05) is 286 Å². The monoisotopic (exact) mass is 1270 g/mol. The van der Waals surface area contributed by atoms with Crippen LogP contribution in [0.4, 0.5) is 0 Å². The Kier molecular flexibility index (Phi) is 58.0. The minimum Gasteiger partial charge on any atom is -0.462 e. The van der Waals surface area contributed by atoms with Gasteiger partial charge < -0.3 is 33.8 Å². The summed E-state index contributed by atoms with van der Waals surface area (Å²) in [4.78, 5) is 72.3. The summed E-state index contributed by atoms with van der Waals surface area (Å²) < 4.78 is 68.0. The van der Waals surface area contributed by atoms with Gasteiger partial charge in [-0.05, 0) is 37.5 Å². The van der Waals surface area contributed by atoms with E-state index < -0.39 is 97.5 Å². The van der Waals surface area contributed by atoms with Gasteiger partial charge in [0.15, 0.2) is 12.2 Å². The summed E-state index contributed by atoms with van der Waals surface area (Å²) in [6, 6.07) is 0. The van der Waals surface area contributed by atoms with Crippen LogP contribution in [-0.4, -0.2) is 96.7 Å². The standard InChI is InChI=1S/C67H130O17P2/c1-7-9-11-13-15-17-18-19-20-21-22-23-28-32-39-45-51-66(71)83-62(55-78-65(70)50-44-38-31-27-25-24-26-29-35-41-47-59(3)4)57-81-85(73,74)79-53-61(68)54-80-86(75,76)82-58-63(56-77-64(69)49-43-37-30-16-14-12-10-8-2)84-67(72)52-46-40-34-33-36-42-48-60(5)6/h59-63,68H,7-58H2,1-6H3,(H,73,74)(H,75,76)/t61-,62-,63-/m1/s1. The molecule has 0 aromatic heterocycles. The van der Waals surface area contributed by atoms with Crippen LogP contribution in [0.5, 0.6) is 0 Å². The second kappa shape index (κ2) is 59.4. The highest BCUT2D eigenvalue weighted by atomic mass is 31.2. The van der Waals surface area contributed by atoms with Crippen LogP contribution in [0, 0.1) is 11.8 Å². The van der Waals surface area contributed by atoms with E-state index in [-0.39, 0.29) is 25.7 Å². The molecule has 0 amide bonds.